The molecule has 1 N–H and O–H groups in total. The van der Waals surface area contributed by atoms with Gasteiger partial charge in [-0.1, -0.05) is 17.7 Å². The van der Waals surface area contributed by atoms with E-state index >= 15 is 0 Å². The highest BCUT2D eigenvalue weighted by molar-refractivity contribution is 6.30. The number of ether oxygens (including phenoxy) is 1. The average Bonchev–Trinajstić information content (AvgIpc) is 2.53. The van der Waals surface area contributed by atoms with E-state index in [2.05, 4.69) is 5.32 Å². The second kappa shape index (κ2) is 7.88. The minimum atomic E-state index is -0.763. The zero-order chi connectivity index (χ0) is 17.7. The van der Waals surface area contributed by atoms with E-state index in [1.54, 1.807) is 0 Å². The van der Waals surface area contributed by atoms with Crippen LogP contribution in [0.15, 0.2) is 42.5 Å². The maximum Gasteiger partial charge on any atom is 0.338 e. The summed E-state index contributed by atoms with van der Waals surface area (Å²) in [5.41, 5.74) is 0.388. The molecular formula is C17H14ClF2NO3. The standard InChI is InChI=1S/C17H14ClF2NO3/c1-10(14-7-6-13(19)8-15(14)20)21-16(22)9-24-17(23)11-2-4-12(18)5-3-11/h2-8,10H,9H2,1H3,(H,21,22)/t10-/m1/s1. The molecule has 0 spiro atoms. The van der Waals surface area contributed by atoms with Gasteiger partial charge in [-0.05, 0) is 37.3 Å². The Kier molecular flexibility index (Phi) is 5.87. The monoisotopic (exact) mass is 353 g/mol. The van der Waals surface area contributed by atoms with Crippen LogP contribution < -0.4 is 5.32 Å². The molecule has 0 unspecified atom stereocenters. The third kappa shape index (κ3) is 4.76. The van der Waals surface area contributed by atoms with E-state index in [1.165, 1.54) is 37.3 Å². The smallest absolute Gasteiger partial charge is 0.338 e. The molecule has 0 radical (unpaired) electrons. The van der Waals surface area contributed by atoms with Gasteiger partial charge in [0.05, 0.1) is 11.6 Å². The molecule has 0 bridgehead atoms. The van der Waals surface area contributed by atoms with E-state index in [0.717, 1.165) is 12.1 Å². The van der Waals surface area contributed by atoms with Gasteiger partial charge < -0.3 is 10.1 Å². The van der Waals surface area contributed by atoms with Gasteiger partial charge in [0.1, 0.15) is 11.6 Å². The Morgan fingerprint density at radius 3 is 2.46 bits per heavy atom. The Bertz CT molecular complexity index is 750. The Hall–Kier alpha value is -2.47. The first-order chi connectivity index (χ1) is 11.4. The first-order valence-electron chi connectivity index (χ1n) is 7.04. The summed E-state index contributed by atoms with van der Waals surface area (Å²) in [6, 6.07) is 8.37. The summed E-state index contributed by atoms with van der Waals surface area (Å²) in [5, 5.41) is 2.94. The van der Waals surface area contributed by atoms with Gasteiger partial charge in [0.2, 0.25) is 0 Å². The van der Waals surface area contributed by atoms with Gasteiger partial charge in [-0.25, -0.2) is 13.6 Å². The molecule has 126 valence electrons. The Labute approximate surface area is 142 Å². The fourth-order valence-electron chi connectivity index (χ4n) is 2.01. The van der Waals surface area contributed by atoms with Crippen LogP contribution in [-0.4, -0.2) is 18.5 Å². The van der Waals surface area contributed by atoms with Crippen LogP contribution in [0, 0.1) is 11.6 Å². The number of rotatable bonds is 5. The van der Waals surface area contributed by atoms with Gasteiger partial charge in [-0.15, -0.1) is 0 Å². The van der Waals surface area contributed by atoms with Gasteiger partial charge in [-0.2, -0.15) is 0 Å². The number of hydrogen-bond acceptors (Lipinski definition) is 3. The van der Waals surface area contributed by atoms with Crippen molar-refractivity contribution in [2.75, 3.05) is 6.61 Å². The Balaban J connectivity index is 1.88. The Morgan fingerprint density at radius 2 is 1.83 bits per heavy atom. The summed E-state index contributed by atoms with van der Waals surface area (Å²) < 4.78 is 31.4. The van der Waals surface area contributed by atoms with Crippen molar-refractivity contribution in [3.8, 4) is 0 Å². The van der Waals surface area contributed by atoms with Crippen LogP contribution in [0.4, 0.5) is 8.78 Å². The van der Waals surface area contributed by atoms with Crippen LogP contribution in [0.25, 0.3) is 0 Å². The third-order valence-corrected chi connectivity index (χ3v) is 3.47. The number of nitrogens with one attached hydrogen (secondary N) is 1. The third-order valence-electron chi connectivity index (χ3n) is 3.22. The highest BCUT2D eigenvalue weighted by Crippen LogP contribution is 2.17. The largest absolute Gasteiger partial charge is 0.452 e. The summed E-state index contributed by atoms with van der Waals surface area (Å²) >= 11 is 5.71. The summed E-state index contributed by atoms with van der Waals surface area (Å²) in [5.74, 6) is -2.75. The lowest BCUT2D eigenvalue weighted by Crippen LogP contribution is -2.31. The molecule has 0 saturated heterocycles. The summed E-state index contributed by atoms with van der Waals surface area (Å²) in [4.78, 5) is 23.5. The van der Waals surface area contributed by atoms with Crippen molar-refractivity contribution < 1.29 is 23.1 Å². The molecule has 0 aliphatic heterocycles. The molecule has 1 atom stereocenters. The fraction of sp³-hybridized carbons (Fsp3) is 0.176. The van der Waals surface area contributed by atoms with Gasteiger partial charge in [0.15, 0.2) is 6.61 Å². The van der Waals surface area contributed by atoms with Crippen molar-refractivity contribution in [2.24, 2.45) is 0 Å². The number of carbonyl (C=O) groups excluding carboxylic acids is 2. The number of carbonyl (C=O) groups is 2. The predicted octanol–water partition coefficient (Wildman–Crippen LogP) is 3.65. The average molecular weight is 354 g/mol. The highest BCUT2D eigenvalue weighted by Gasteiger charge is 2.16. The summed E-state index contributed by atoms with van der Waals surface area (Å²) in [7, 11) is 0. The molecule has 2 rings (SSSR count). The molecule has 0 heterocycles. The lowest BCUT2D eigenvalue weighted by Gasteiger charge is -2.15. The minimum Gasteiger partial charge on any atom is -0.452 e. The van der Waals surface area contributed by atoms with Crippen LogP contribution in [0.2, 0.25) is 5.02 Å². The van der Waals surface area contributed by atoms with Crippen molar-refractivity contribution >= 4 is 23.5 Å². The van der Waals surface area contributed by atoms with E-state index in [0.29, 0.717) is 5.02 Å². The van der Waals surface area contributed by atoms with E-state index in [-0.39, 0.29) is 11.1 Å². The zero-order valence-electron chi connectivity index (χ0n) is 12.7. The topological polar surface area (TPSA) is 55.4 Å². The summed E-state index contributed by atoms with van der Waals surface area (Å²) in [6.45, 7) is 1.02. The molecule has 0 aliphatic carbocycles. The Morgan fingerprint density at radius 1 is 1.17 bits per heavy atom. The zero-order valence-corrected chi connectivity index (χ0v) is 13.4. The molecule has 0 saturated carbocycles. The van der Waals surface area contributed by atoms with Gasteiger partial charge >= 0.3 is 5.97 Å². The van der Waals surface area contributed by atoms with Gasteiger partial charge in [-0.3, -0.25) is 4.79 Å². The van der Waals surface area contributed by atoms with E-state index in [9.17, 15) is 18.4 Å². The van der Waals surface area contributed by atoms with Crippen molar-refractivity contribution in [2.45, 2.75) is 13.0 Å². The van der Waals surface area contributed by atoms with Gasteiger partial charge in [0, 0.05) is 16.7 Å². The number of amides is 1. The normalized spacial score (nSPS) is 11.7. The summed E-state index contributed by atoms with van der Waals surface area (Å²) in [6.07, 6.45) is 0. The van der Waals surface area contributed by atoms with Crippen LogP contribution in [0.1, 0.15) is 28.9 Å². The fourth-order valence-corrected chi connectivity index (χ4v) is 2.14. The van der Waals surface area contributed by atoms with Crippen molar-refractivity contribution in [3.63, 3.8) is 0 Å². The first-order valence-corrected chi connectivity index (χ1v) is 7.41. The molecule has 24 heavy (non-hydrogen) atoms. The minimum absolute atomic E-state index is 0.133. The molecule has 0 fully saturated rings. The van der Waals surface area contributed by atoms with E-state index in [1.807, 2.05) is 0 Å². The molecule has 0 aliphatic rings. The molecule has 2 aromatic carbocycles. The van der Waals surface area contributed by atoms with Crippen LogP contribution in [0.3, 0.4) is 0 Å². The second-order valence-electron chi connectivity index (χ2n) is 5.04. The number of esters is 1. The van der Waals surface area contributed by atoms with Crippen molar-refractivity contribution in [1.82, 2.24) is 5.32 Å². The maximum absolute atomic E-state index is 13.6. The number of hydrogen-bond donors (Lipinski definition) is 1. The number of halogens is 3. The van der Waals surface area contributed by atoms with Gasteiger partial charge in [0.25, 0.3) is 5.91 Å². The molecule has 7 heteroatoms. The predicted molar refractivity (Wildman–Crippen MR) is 84.7 cm³/mol. The lowest BCUT2D eigenvalue weighted by atomic mass is 10.1. The molecule has 4 nitrogen and oxygen atoms in total. The molecule has 0 aromatic heterocycles. The van der Waals surface area contributed by atoms with E-state index in [4.69, 9.17) is 16.3 Å². The van der Waals surface area contributed by atoms with Crippen LogP contribution >= 0.6 is 11.6 Å². The molecule has 2 aromatic rings. The van der Waals surface area contributed by atoms with E-state index < -0.39 is 36.2 Å². The van der Waals surface area contributed by atoms with Crippen molar-refractivity contribution in [1.29, 1.82) is 0 Å². The van der Waals surface area contributed by atoms with Crippen LogP contribution in [0.5, 0.6) is 0 Å². The maximum atomic E-state index is 13.6. The first kappa shape index (κ1) is 17.9. The molecule has 1 amide bonds. The lowest BCUT2D eigenvalue weighted by molar-refractivity contribution is -0.124. The number of benzene rings is 2. The van der Waals surface area contributed by atoms with Crippen LogP contribution in [-0.2, 0) is 9.53 Å². The quantitative estimate of drug-likeness (QED) is 0.835. The highest BCUT2D eigenvalue weighted by atomic mass is 35.5. The van der Waals surface area contributed by atoms with Crippen molar-refractivity contribution in [3.05, 3.63) is 70.2 Å². The molecular weight excluding hydrogens is 340 g/mol. The second-order valence-corrected chi connectivity index (χ2v) is 5.47. The SMILES string of the molecule is C[C@@H](NC(=O)COC(=O)c1ccc(Cl)cc1)c1ccc(F)cc1F.